The van der Waals surface area contributed by atoms with E-state index in [4.69, 9.17) is 9.15 Å². The van der Waals surface area contributed by atoms with E-state index in [0.29, 0.717) is 6.42 Å². The number of hydrogen-bond acceptors (Lipinski definition) is 6. The summed E-state index contributed by atoms with van der Waals surface area (Å²) in [5.41, 5.74) is 1.14. The van der Waals surface area contributed by atoms with Gasteiger partial charge in [-0.3, -0.25) is 0 Å². The van der Waals surface area contributed by atoms with Crippen molar-refractivity contribution >= 4 is 5.82 Å². The molecule has 1 aromatic carbocycles. The maximum atomic E-state index is 6.06. The normalized spacial score (nSPS) is 17.0. The molecule has 0 spiro atoms. The number of benzene rings is 1. The van der Waals surface area contributed by atoms with Crippen LogP contribution in [0.5, 0.6) is 5.75 Å². The molecule has 0 saturated carbocycles. The molecule has 1 fully saturated rings. The summed E-state index contributed by atoms with van der Waals surface area (Å²) in [5.74, 6) is 3.39. The van der Waals surface area contributed by atoms with Crippen molar-refractivity contribution in [2.75, 3.05) is 18.6 Å². The molecule has 3 heterocycles. The predicted octanol–water partition coefficient (Wildman–Crippen LogP) is 3.41. The third-order valence-electron chi connectivity index (χ3n) is 4.48. The molecule has 6 nitrogen and oxygen atoms in total. The second-order valence-electron chi connectivity index (χ2n) is 6.11. The number of rotatable bonds is 5. The van der Waals surface area contributed by atoms with Crippen molar-refractivity contribution in [3.8, 4) is 5.75 Å². The van der Waals surface area contributed by atoms with Gasteiger partial charge in [-0.1, -0.05) is 12.1 Å². The van der Waals surface area contributed by atoms with Crippen LogP contribution in [0.3, 0.4) is 0 Å². The molecule has 0 radical (unpaired) electrons. The van der Waals surface area contributed by atoms with Crippen LogP contribution in [0.2, 0.25) is 0 Å². The molecule has 0 unspecified atom stereocenters. The Morgan fingerprint density at radius 2 is 2.24 bits per heavy atom. The van der Waals surface area contributed by atoms with Crippen molar-refractivity contribution in [1.29, 1.82) is 0 Å². The number of methoxy groups -OCH3 is 1. The van der Waals surface area contributed by atoms with Crippen molar-refractivity contribution in [2.45, 2.75) is 25.3 Å². The van der Waals surface area contributed by atoms with E-state index in [1.165, 1.54) is 0 Å². The summed E-state index contributed by atoms with van der Waals surface area (Å²) in [6, 6.07) is 10.1. The van der Waals surface area contributed by atoms with E-state index < -0.39 is 0 Å². The van der Waals surface area contributed by atoms with Crippen molar-refractivity contribution in [3.05, 3.63) is 66.3 Å². The topological polar surface area (TPSA) is 64.3 Å². The van der Waals surface area contributed by atoms with Crippen LogP contribution in [0.1, 0.15) is 36.1 Å². The van der Waals surface area contributed by atoms with Crippen LogP contribution in [0, 0.1) is 0 Å². The Bertz CT molecular complexity index is 834. The Morgan fingerprint density at radius 3 is 3.08 bits per heavy atom. The van der Waals surface area contributed by atoms with E-state index in [0.717, 1.165) is 48.2 Å². The first-order valence-corrected chi connectivity index (χ1v) is 8.43. The third-order valence-corrected chi connectivity index (χ3v) is 4.48. The number of aromatic nitrogens is 3. The highest BCUT2D eigenvalue weighted by Crippen LogP contribution is 2.34. The monoisotopic (exact) mass is 336 g/mol. The average molecular weight is 336 g/mol. The SMILES string of the molecule is COc1cccc(Cc2cnc([C@H]3CCCN3c3ccncn3)o2)c1. The van der Waals surface area contributed by atoms with Gasteiger partial charge in [-0.15, -0.1) is 0 Å². The summed E-state index contributed by atoms with van der Waals surface area (Å²) in [6.45, 7) is 0.954. The number of ether oxygens (including phenoxy) is 1. The summed E-state index contributed by atoms with van der Waals surface area (Å²) in [6.07, 6.45) is 7.98. The smallest absolute Gasteiger partial charge is 0.217 e. The van der Waals surface area contributed by atoms with Crippen molar-refractivity contribution in [2.24, 2.45) is 0 Å². The largest absolute Gasteiger partial charge is 0.497 e. The van der Waals surface area contributed by atoms with E-state index >= 15 is 0 Å². The van der Waals surface area contributed by atoms with Crippen molar-refractivity contribution < 1.29 is 9.15 Å². The quantitative estimate of drug-likeness (QED) is 0.711. The van der Waals surface area contributed by atoms with Crippen LogP contribution >= 0.6 is 0 Å². The van der Waals surface area contributed by atoms with Gasteiger partial charge in [-0.05, 0) is 36.6 Å². The summed E-state index contributed by atoms with van der Waals surface area (Å²) >= 11 is 0. The summed E-state index contributed by atoms with van der Waals surface area (Å²) in [4.78, 5) is 15.1. The van der Waals surface area contributed by atoms with E-state index in [2.05, 4.69) is 25.9 Å². The van der Waals surface area contributed by atoms with E-state index in [1.54, 1.807) is 19.6 Å². The Balaban J connectivity index is 1.52. The van der Waals surface area contributed by atoms with Gasteiger partial charge in [0.1, 0.15) is 29.7 Å². The molecule has 4 rings (SSSR count). The molecule has 0 N–H and O–H groups in total. The van der Waals surface area contributed by atoms with Gasteiger partial charge < -0.3 is 14.1 Å². The molecule has 1 aliphatic rings. The minimum Gasteiger partial charge on any atom is -0.497 e. The van der Waals surface area contributed by atoms with Gasteiger partial charge in [0.2, 0.25) is 5.89 Å². The van der Waals surface area contributed by atoms with Gasteiger partial charge in [0.15, 0.2) is 0 Å². The second-order valence-corrected chi connectivity index (χ2v) is 6.11. The Labute approximate surface area is 146 Å². The number of hydrogen-bond donors (Lipinski definition) is 0. The molecular formula is C19H20N4O2. The lowest BCUT2D eigenvalue weighted by Crippen LogP contribution is -2.23. The van der Waals surface area contributed by atoms with Gasteiger partial charge in [-0.25, -0.2) is 15.0 Å². The summed E-state index contributed by atoms with van der Waals surface area (Å²) in [7, 11) is 1.67. The maximum absolute atomic E-state index is 6.06. The highest BCUT2D eigenvalue weighted by molar-refractivity contribution is 5.40. The van der Waals surface area contributed by atoms with E-state index in [1.807, 2.05) is 30.5 Å². The van der Waals surface area contributed by atoms with Gasteiger partial charge >= 0.3 is 0 Å². The molecule has 1 saturated heterocycles. The fourth-order valence-electron chi connectivity index (χ4n) is 3.29. The first-order chi connectivity index (χ1) is 12.3. The van der Waals surface area contributed by atoms with Crippen LogP contribution in [-0.4, -0.2) is 28.6 Å². The standard InChI is InChI=1S/C19H20N4O2/c1-24-15-5-2-4-14(10-15)11-16-12-21-19(25-16)17-6-3-9-23(17)18-7-8-20-13-22-18/h2,4-5,7-8,10,12-13,17H,3,6,9,11H2,1H3/t17-/m1/s1. The summed E-state index contributed by atoms with van der Waals surface area (Å²) < 4.78 is 11.3. The van der Waals surface area contributed by atoms with Crippen LogP contribution in [0.4, 0.5) is 5.82 Å². The van der Waals surface area contributed by atoms with Crippen LogP contribution in [-0.2, 0) is 6.42 Å². The zero-order valence-corrected chi connectivity index (χ0v) is 14.1. The lowest BCUT2D eigenvalue weighted by Gasteiger charge is -2.22. The van der Waals surface area contributed by atoms with Gasteiger partial charge in [0, 0.05) is 19.2 Å². The molecule has 0 bridgehead atoms. The second kappa shape index (κ2) is 6.93. The fraction of sp³-hybridized carbons (Fsp3) is 0.316. The highest BCUT2D eigenvalue weighted by Gasteiger charge is 2.30. The number of oxazole rings is 1. The first-order valence-electron chi connectivity index (χ1n) is 8.43. The molecule has 1 aliphatic heterocycles. The molecule has 1 atom stereocenters. The van der Waals surface area contributed by atoms with Gasteiger partial charge in [0.25, 0.3) is 0 Å². The first kappa shape index (κ1) is 15.6. The molecular weight excluding hydrogens is 316 g/mol. The Hall–Kier alpha value is -2.89. The van der Waals surface area contributed by atoms with Crippen LogP contribution in [0.25, 0.3) is 0 Å². The molecule has 6 heteroatoms. The Kier molecular flexibility index (Phi) is 4.33. The van der Waals surface area contributed by atoms with E-state index in [9.17, 15) is 0 Å². The number of nitrogens with zero attached hydrogens (tertiary/aromatic N) is 4. The molecule has 2 aromatic heterocycles. The van der Waals surface area contributed by atoms with Crippen LogP contribution < -0.4 is 9.64 Å². The van der Waals surface area contributed by atoms with Crippen LogP contribution in [0.15, 0.2) is 53.5 Å². The molecule has 0 amide bonds. The minimum atomic E-state index is 0.133. The Morgan fingerprint density at radius 1 is 1.28 bits per heavy atom. The molecule has 0 aliphatic carbocycles. The number of anilines is 1. The predicted molar refractivity (Wildman–Crippen MR) is 93.7 cm³/mol. The minimum absolute atomic E-state index is 0.133. The molecule has 128 valence electrons. The van der Waals surface area contributed by atoms with E-state index in [-0.39, 0.29) is 6.04 Å². The average Bonchev–Trinajstić information content (AvgIpc) is 3.32. The summed E-state index contributed by atoms with van der Waals surface area (Å²) in [5, 5.41) is 0. The van der Waals surface area contributed by atoms with Gasteiger partial charge in [0.05, 0.1) is 13.3 Å². The molecule has 25 heavy (non-hydrogen) atoms. The zero-order valence-electron chi connectivity index (χ0n) is 14.1. The maximum Gasteiger partial charge on any atom is 0.217 e. The third kappa shape index (κ3) is 3.33. The van der Waals surface area contributed by atoms with Crippen molar-refractivity contribution in [3.63, 3.8) is 0 Å². The van der Waals surface area contributed by atoms with Crippen molar-refractivity contribution in [1.82, 2.24) is 15.0 Å². The lowest BCUT2D eigenvalue weighted by atomic mass is 10.1. The fourth-order valence-corrected chi connectivity index (χ4v) is 3.29. The highest BCUT2D eigenvalue weighted by atomic mass is 16.5. The zero-order chi connectivity index (χ0) is 17.1. The van der Waals surface area contributed by atoms with Gasteiger partial charge in [-0.2, -0.15) is 0 Å². The lowest BCUT2D eigenvalue weighted by molar-refractivity contribution is 0.413. The molecule has 3 aromatic rings.